The van der Waals surface area contributed by atoms with Gasteiger partial charge in [-0.3, -0.25) is 4.79 Å². The van der Waals surface area contributed by atoms with E-state index in [-0.39, 0.29) is 24.0 Å². The summed E-state index contributed by atoms with van der Waals surface area (Å²) in [5.41, 5.74) is 1.44. The highest BCUT2D eigenvalue weighted by Gasteiger charge is 2.28. The van der Waals surface area contributed by atoms with Gasteiger partial charge in [0.1, 0.15) is 5.58 Å². The Morgan fingerprint density at radius 2 is 2.00 bits per heavy atom. The molecule has 114 valence electrons. The van der Waals surface area contributed by atoms with Crippen LogP contribution >= 0.6 is 0 Å². The molecule has 0 saturated heterocycles. The Bertz CT molecular complexity index is 637. The molecule has 0 bridgehead atoms. The maximum Gasteiger partial charge on any atom is 0.287 e. The Kier molecular flexibility index (Phi) is 4.37. The molecule has 0 saturated carbocycles. The molecule has 2 N–H and O–H groups in total. The molecule has 0 aliphatic rings. The van der Waals surface area contributed by atoms with Gasteiger partial charge in [0.2, 0.25) is 0 Å². The maximum atomic E-state index is 12.5. The summed E-state index contributed by atoms with van der Waals surface area (Å²) in [7, 11) is 0. The molecule has 4 nitrogen and oxygen atoms in total. The van der Waals surface area contributed by atoms with Crippen molar-refractivity contribution >= 4 is 16.9 Å². The van der Waals surface area contributed by atoms with Crippen LogP contribution in [0.5, 0.6) is 0 Å². The van der Waals surface area contributed by atoms with Crippen LogP contribution in [0.4, 0.5) is 0 Å². The van der Waals surface area contributed by atoms with E-state index < -0.39 is 0 Å². The van der Waals surface area contributed by atoms with E-state index in [0.717, 1.165) is 16.5 Å². The standard InChI is InChI=1S/C17H23NO3/c1-11-12-7-5-6-8-13(12)21-15(11)16(20)18-14(9-10-19)17(2,3)4/h5-8,14,19H,9-10H2,1-4H3,(H,18,20). The Morgan fingerprint density at radius 3 is 2.57 bits per heavy atom. The summed E-state index contributed by atoms with van der Waals surface area (Å²) in [5.74, 6) is 0.125. The zero-order valence-electron chi connectivity index (χ0n) is 13.1. The molecule has 2 aromatic rings. The zero-order valence-corrected chi connectivity index (χ0v) is 13.1. The fourth-order valence-corrected chi connectivity index (χ4v) is 2.47. The lowest BCUT2D eigenvalue weighted by Crippen LogP contribution is -2.44. The largest absolute Gasteiger partial charge is 0.451 e. The molecular formula is C17H23NO3. The van der Waals surface area contributed by atoms with Crippen molar-refractivity contribution in [3.8, 4) is 0 Å². The number of furan rings is 1. The summed E-state index contributed by atoms with van der Waals surface area (Å²) in [5, 5.41) is 13.1. The molecule has 4 heteroatoms. The van der Waals surface area contributed by atoms with Crippen molar-refractivity contribution in [3.63, 3.8) is 0 Å². The van der Waals surface area contributed by atoms with Gasteiger partial charge < -0.3 is 14.8 Å². The number of aliphatic hydroxyl groups excluding tert-OH is 1. The summed E-state index contributed by atoms with van der Waals surface area (Å²) in [6, 6.07) is 7.50. The van der Waals surface area contributed by atoms with Crippen LogP contribution in [0.25, 0.3) is 11.0 Å². The molecule has 1 aromatic heterocycles. The second-order valence-corrected chi connectivity index (χ2v) is 6.46. The number of aryl methyl sites for hydroxylation is 1. The fraction of sp³-hybridized carbons (Fsp3) is 0.471. The molecule has 1 atom stereocenters. The maximum absolute atomic E-state index is 12.5. The van der Waals surface area contributed by atoms with E-state index in [2.05, 4.69) is 5.32 Å². The van der Waals surface area contributed by atoms with E-state index in [0.29, 0.717) is 12.2 Å². The first-order valence-electron chi connectivity index (χ1n) is 7.24. The number of aliphatic hydroxyl groups is 1. The van der Waals surface area contributed by atoms with Crippen LogP contribution in [0, 0.1) is 12.3 Å². The molecule has 0 aliphatic heterocycles. The second kappa shape index (κ2) is 5.90. The van der Waals surface area contributed by atoms with E-state index in [1.807, 2.05) is 52.0 Å². The molecule has 1 heterocycles. The van der Waals surface area contributed by atoms with Crippen molar-refractivity contribution in [3.05, 3.63) is 35.6 Å². The minimum absolute atomic E-state index is 0.0430. The number of rotatable bonds is 4. The smallest absolute Gasteiger partial charge is 0.287 e. The molecule has 0 fully saturated rings. The van der Waals surface area contributed by atoms with Crippen LogP contribution in [0.1, 0.15) is 43.3 Å². The minimum atomic E-state index is -0.225. The summed E-state index contributed by atoms with van der Waals surface area (Å²) < 4.78 is 5.68. The number of hydrogen-bond donors (Lipinski definition) is 2. The fourth-order valence-electron chi connectivity index (χ4n) is 2.47. The van der Waals surface area contributed by atoms with E-state index in [1.165, 1.54) is 0 Å². The van der Waals surface area contributed by atoms with Crippen molar-refractivity contribution in [2.45, 2.75) is 40.2 Å². The van der Waals surface area contributed by atoms with Gasteiger partial charge in [0.25, 0.3) is 5.91 Å². The lowest BCUT2D eigenvalue weighted by Gasteiger charge is -2.30. The van der Waals surface area contributed by atoms with Crippen molar-refractivity contribution in [1.29, 1.82) is 0 Å². The summed E-state index contributed by atoms with van der Waals surface area (Å²) >= 11 is 0. The predicted octanol–water partition coefficient (Wildman–Crippen LogP) is 3.27. The highest BCUT2D eigenvalue weighted by atomic mass is 16.3. The topological polar surface area (TPSA) is 62.5 Å². The van der Waals surface area contributed by atoms with Crippen LogP contribution in [0.2, 0.25) is 0 Å². The van der Waals surface area contributed by atoms with Crippen LogP contribution in [0.3, 0.4) is 0 Å². The SMILES string of the molecule is Cc1c(C(=O)NC(CCO)C(C)(C)C)oc2ccccc12. The van der Waals surface area contributed by atoms with E-state index in [1.54, 1.807) is 0 Å². The molecule has 0 aliphatic carbocycles. The quantitative estimate of drug-likeness (QED) is 0.908. The highest BCUT2D eigenvalue weighted by molar-refractivity contribution is 5.99. The third kappa shape index (κ3) is 3.27. The van der Waals surface area contributed by atoms with Crippen LogP contribution < -0.4 is 5.32 Å². The predicted molar refractivity (Wildman–Crippen MR) is 83.4 cm³/mol. The Balaban J connectivity index is 2.27. The number of carbonyl (C=O) groups excluding carboxylic acids is 1. The monoisotopic (exact) mass is 289 g/mol. The van der Waals surface area contributed by atoms with Gasteiger partial charge >= 0.3 is 0 Å². The first kappa shape index (κ1) is 15.6. The van der Waals surface area contributed by atoms with Crippen LogP contribution in [-0.2, 0) is 0 Å². The number of amides is 1. The molecule has 1 amide bonds. The lowest BCUT2D eigenvalue weighted by atomic mass is 9.85. The molecule has 0 spiro atoms. The molecule has 1 unspecified atom stereocenters. The number of hydrogen-bond acceptors (Lipinski definition) is 3. The molecule has 21 heavy (non-hydrogen) atoms. The van der Waals surface area contributed by atoms with Gasteiger partial charge in [-0.25, -0.2) is 0 Å². The average Bonchev–Trinajstić information content (AvgIpc) is 2.75. The molecule has 1 aromatic carbocycles. The third-order valence-corrected chi connectivity index (χ3v) is 3.82. The van der Waals surface area contributed by atoms with Crippen LogP contribution in [-0.4, -0.2) is 23.7 Å². The summed E-state index contributed by atoms with van der Waals surface area (Å²) in [6.45, 7) is 8.05. The summed E-state index contributed by atoms with van der Waals surface area (Å²) in [6.07, 6.45) is 0.522. The first-order valence-corrected chi connectivity index (χ1v) is 7.24. The number of carbonyl (C=O) groups is 1. The highest BCUT2D eigenvalue weighted by Crippen LogP contribution is 2.26. The Morgan fingerprint density at radius 1 is 1.33 bits per heavy atom. The minimum Gasteiger partial charge on any atom is -0.451 e. The first-order chi connectivity index (χ1) is 9.84. The lowest BCUT2D eigenvalue weighted by molar-refractivity contribution is 0.0858. The zero-order chi connectivity index (χ0) is 15.6. The van der Waals surface area contributed by atoms with Crippen molar-refractivity contribution in [2.75, 3.05) is 6.61 Å². The summed E-state index contributed by atoms with van der Waals surface area (Å²) in [4.78, 5) is 12.5. The number of fused-ring (bicyclic) bond motifs is 1. The van der Waals surface area contributed by atoms with Gasteiger partial charge in [-0.15, -0.1) is 0 Å². The number of benzene rings is 1. The number of nitrogens with one attached hydrogen (secondary N) is 1. The van der Waals surface area contributed by atoms with Crippen molar-refractivity contribution < 1.29 is 14.3 Å². The van der Waals surface area contributed by atoms with Gasteiger partial charge in [0, 0.05) is 23.6 Å². The molecule has 2 rings (SSSR count). The Labute approximate surface area is 125 Å². The average molecular weight is 289 g/mol. The molecule has 0 radical (unpaired) electrons. The third-order valence-electron chi connectivity index (χ3n) is 3.82. The Hall–Kier alpha value is -1.81. The van der Waals surface area contributed by atoms with Crippen LogP contribution in [0.15, 0.2) is 28.7 Å². The molecular weight excluding hydrogens is 266 g/mol. The van der Waals surface area contributed by atoms with Gasteiger partial charge in [-0.05, 0) is 24.8 Å². The van der Waals surface area contributed by atoms with Crippen molar-refractivity contribution in [2.24, 2.45) is 5.41 Å². The van der Waals surface area contributed by atoms with E-state index in [9.17, 15) is 9.90 Å². The van der Waals surface area contributed by atoms with Gasteiger partial charge in [0.15, 0.2) is 5.76 Å². The van der Waals surface area contributed by atoms with Gasteiger partial charge in [-0.1, -0.05) is 39.0 Å². The van der Waals surface area contributed by atoms with Gasteiger partial charge in [0.05, 0.1) is 0 Å². The van der Waals surface area contributed by atoms with E-state index >= 15 is 0 Å². The number of para-hydroxylation sites is 1. The second-order valence-electron chi connectivity index (χ2n) is 6.46. The van der Waals surface area contributed by atoms with Gasteiger partial charge in [-0.2, -0.15) is 0 Å². The van der Waals surface area contributed by atoms with E-state index in [4.69, 9.17) is 4.42 Å². The van der Waals surface area contributed by atoms with Crippen molar-refractivity contribution in [1.82, 2.24) is 5.32 Å². The normalized spacial score (nSPS) is 13.4.